The van der Waals surface area contributed by atoms with E-state index in [-0.39, 0.29) is 28.6 Å². The van der Waals surface area contributed by atoms with Crippen LogP contribution in [0.2, 0.25) is 0 Å². The maximum Gasteiger partial charge on any atom is 0.262 e. The molecule has 0 saturated carbocycles. The first-order valence-corrected chi connectivity index (χ1v) is 14.7. The zero-order valence-corrected chi connectivity index (χ0v) is 22.7. The first-order valence-electron chi connectivity index (χ1n) is 11.3. The molecule has 1 atom stereocenters. The highest BCUT2D eigenvalue weighted by Crippen LogP contribution is 2.44. The average Bonchev–Trinajstić information content (AvgIpc) is 2.94. The van der Waals surface area contributed by atoms with Crippen molar-refractivity contribution in [3.63, 3.8) is 0 Å². The molecule has 2 aliphatic rings. The fraction of sp³-hybridized carbons (Fsp3) is 0.478. The van der Waals surface area contributed by atoms with Gasteiger partial charge in [0.2, 0.25) is 19.9 Å². The minimum atomic E-state index is -4.60. The van der Waals surface area contributed by atoms with Crippen LogP contribution in [0.25, 0.3) is 0 Å². The minimum absolute atomic E-state index is 0.00455. The van der Waals surface area contributed by atoms with Gasteiger partial charge in [-0.05, 0) is 36.0 Å². The molecule has 0 aliphatic carbocycles. The van der Waals surface area contributed by atoms with Gasteiger partial charge in [-0.1, -0.05) is 34.6 Å². The van der Waals surface area contributed by atoms with E-state index in [0.29, 0.717) is 13.0 Å². The number of nitrogens with one attached hydrogen (secondary N) is 2. The number of fused-ring (bicyclic) bond motifs is 1. The van der Waals surface area contributed by atoms with E-state index in [1.165, 1.54) is 17.0 Å². The Morgan fingerprint density at radius 3 is 2.39 bits per heavy atom. The van der Waals surface area contributed by atoms with Gasteiger partial charge in [0.25, 0.3) is 11.8 Å². The van der Waals surface area contributed by atoms with Crippen LogP contribution in [-0.4, -0.2) is 57.5 Å². The predicted molar refractivity (Wildman–Crippen MR) is 136 cm³/mol. The summed E-state index contributed by atoms with van der Waals surface area (Å²) in [6.45, 7) is 9.82. The van der Waals surface area contributed by atoms with Gasteiger partial charge >= 0.3 is 0 Å². The van der Waals surface area contributed by atoms with E-state index < -0.39 is 58.6 Å². The number of hydrogen-bond donors (Lipinski definition) is 4. The van der Waals surface area contributed by atoms with E-state index >= 15 is 0 Å². The molecule has 0 unspecified atom stereocenters. The van der Waals surface area contributed by atoms with Crippen molar-refractivity contribution in [3.8, 4) is 0 Å². The maximum absolute atomic E-state index is 13.6. The molecule has 0 fully saturated rings. The molecule has 2 heterocycles. The molecule has 0 aromatic heterocycles. The van der Waals surface area contributed by atoms with Gasteiger partial charge in [0.1, 0.15) is 11.3 Å². The van der Waals surface area contributed by atoms with Gasteiger partial charge in [0, 0.05) is 12.2 Å². The molecule has 2 aliphatic heterocycles. The number of primary amides is 1. The smallest absolute Gasteiger partial charge is 0.262 e. The van der Waals surface area contributed by atoms with Crippen LogP contribution in [0.1, 0.15) is 41.0 Å². The molecule has 36 heavy (non-hydrogen) atoms. The Morgan fingerprint density at radius 1 is 1.28 bits per heavy atom. The second kappa shape index (κ2) is 9.11. The Morgan fingerprint density at radius 2 is 1.89 bits per heavy atom. The monoisotopic (exact) mass is 540 g/mol. The molecular weight excluding hydrogens is 508 g/mol. The summed E-state index contributed by atoms with van der Waals surface area (Å²) in [5.41, 5.74) is 4.10. The molecular formula is C23H32N4O7S2. The van der Waals surface area contributed by atoms with Crippen LogP contribution in [0.15, 0.2) is 45.0 Å². The van der Waals surface area contributed by atoms with Crippen LogP contribution in [0.5, 0.6) is 0 Å². The molecule has 3 rings (SSSR count). The number of aliphatic hydroxyl groups is 1. The molecule has 1 aromatic rings. The highest BCUT2D eigenvalue weighted by atomic mass is 32.2. The SMILES string of the molecule is CC(C)CCN1C(=O)C(C2=C(C(N)=O)S(=O)(=O)c3cc(NS(C)(=O)=O)ccc3N2)=C(O)[C@@H]1C(C)(C)C. The quantitative estimate of drug-likeness (QED) is 0.406. The van der Waals surface area contributed by atoms with Crippen molar-refractivity contribution in [2.45, 2.75) is 52.0 Å². The number of carbonyl (C=O) groups excluding carboxylic acids is 2. The largest absolute Gasteiger partial charge is 0.509 e. The summed E-state index contributed by atoms with van der Waals surface area (Å²) in [4.78, 5) is 26.2. The first-order chi connectivity index (χ1) is 16.4. The van der Waals surface area contributed by atoms with Crippen LogP contribution >= 0.6 is 0 Å². The lowest BCUT2D eigenvalue weighted by atomic mass is 9.85. The minimum Gasteiger partial charge on any atom is -0.509 e. The van der Waals surface area contributed by atoms with Crippen LogP contribution in [0.3, 0.4) is 0 Å². The van der Waals surface area contributed by atoms with Crippen LogP contribution in [0.4, 0.5) is 11.4 Å². The van der Waals surface area contributed by atoms with Crippen molar-refractivity contribution in [2.75, 3.05) is 22.8 Å². The van der Waals surface area contributed by atoms with Gasteiger partial charge < -0.3 is 21.1 Å². The number of amides is 2. The highest BCUT2D eigenvalue weighted by molar-refractivity contribution is 7.96. The molecule has 0 radical (unpaired) electrons. The fourth-order valence-electron chi connectivity index (χ4n) is 4.39. The summed E-state index contributed by atoms with van der Waals surface area (Å²) >= 11 is 0. The van der Waals surface area contributed by atoms with Crippen LogP contribution in [-0.2, 0) is 29.4 Å². The Labute approximate surface area is 211 Å². The van der Waals surface area contributed by atoms with Gasteiger partial charge in [-0.15, -0.1) is 0 Å². The lowest BCUT2D eigenvalue weighted by molar-refractivity contribution is -0.128. The Balaban J connectivity index is 2.23. The van der Waals surface area contributed by atoms with E-state index in [4.69, 9.17) is 5.73 Å². The third kappa shape index (κ3) is 5.07. The number of carbonyl (C=O) groups is 2. The predicted octanol–water partition coefficient (Wildman–Crippen LogP) is 2.07. The molecule has 2 amide bonds. The maximum atomic E-state index is 13.6. The first kappa shape index (κ1) is 27.5. The Kier molecular flexibility index (Phi) is 6.96. The van der Waals surface area contributed by atoms with E-state index in [1.54, 1.807) is 0 Å². The third-order valence-corrected chi connectivity index (χ3v) is 8.34. The average molecular weight is 541 g/mol. The number of nitrogens with zero attached hydrogens (tertiary/aromatic N) is 1. The van der Waals surface area contributed by atoms with E-state index in [2.05, 4.69) is 10.0 Å². The molecule has 0 bridgehead atoms. The number of anilines is 2. The molecule has 11 nitrogen and oxygen atoms in total. The standard InChI is InChI=1S/C23H32N4O7S2/c1-12(2)9-10-27-20(23(3,4)5)18(28)16(22(27)30)17-19(21(24)29)36(33,34)15-11-13(26-35(6,31)32)7-8-14(15)25-17/h7-8,11-12,20,25-26,28H,9-10H2,1-6H3,(H2,24,29)/t20-/m1/s1. The van der Waals surface area contributed by atoms with Gasteiger partial charge in [-0.3, -0.25) is 14.3 Å². The van der Waals surface area contributed by atoms with Crippen molar-refractivity contribution < 1.29 is 31.5 Å². The molecule has 0 saturated heterocycles. The number of hydrogen-bond acceptors (Lipinski definition) is 8. The summed E-state index contributed by atoms with van der Waals surface area (Å²) < 4.78 is 52.4. The van der Waals surface area contributed by atoms with Gasteiger partial charge in [0.05, 0.1) is 28.6 Å². The molecule has 0 spiro atoms. The molecule has 198 valence electrons. The van der Waals surface area contributed by atoms with E-state index in [0.717, 1.165) is 12.3 Å². The van der Waals surface area contributed by atoms with Gasteiger partial charge in [-0.25, -0.2) is 16.8 Å². The number of nitrogens with two attached hydrogens (primary N) is 1. The Bertz CT molecular complexity index is 1400. The van der Waals surface area contributed by atoms with Gasteiger partial charge in [0.15, 0.2) is 4.91 Å². The van der Waals surface area contributed by atoms with Crippen LogP contribution < -0.4 is 15.8 Å². The summed E-state index contributed by atoms with van der Waals surface area (Å²) in [5.74, 6) is -2.04. The van der Waals surface area contributed by atoms with E-state index in [9.17, 15) is 31.5 Å². The Hall–Kier alpha value is -3.06. The molecule has 1 aromatic carbocycles. The normalized spacial score (nSPS) is 20.0. The van der Waals surface area contributed by atoms with Crippen molar-refractivity contribution >= 4 is 43.0 Å². The highest BCUT2D eigenvalue weighted by Gasteiger charge is 2.49. The zero-order chi connectivity index (χ0) is 27.4. The summed E-state index contributed by atoms with van der Waals surface area (Å²) in [5, 5.41) is 14.0. The van der Waals surface area contributed by atoms with Crippen molar-refractivity contribution in [2.24, 2.45) is 17.1 Å². The zero-order valence-electron chi connectivity index (χ0n) is 21.0. The summed E-state index contributed by atoms with van der Waals surface area (Å²) in [6, 6.07) is 2.92. The number of sulfone groups is 1. The summed E-state index contributed by atoms with van der Waals surface area (Å²) in [7, 11) is -8.30. The lowest BCUT2D eigenvalue weighted by Gasteiger charge is -2.35. The van der Waals surface area contributed by atoms with Crippen molar-refractivity contribution in [1.29, 1.82) is 0 Å². The lowest BCUT2D eigenvalue weighted by Crippen LogP contribution is -2.44. The number of aliphatic hydroxyl groups excluding tert-OH is 1. The van der Waals surface area contributed by atoms with Crippen LogP contribution in [0, 0.1) is 11.3 Å². The second-order valence-electron chi connectivity index (χ2n) is 10.5. The number of sulfonamides is 1. The summed E-state index contributed by atoms with van der Waals surface area (Å²) in [6.07, 6.45) is 1.55. The molecule has 5 N–H and O–H groups in total. The second-order valence-corrected chi connectivity index (χ2v) is 14.1. The third-order valence-electron chi connectivity index (χ3n) is 5.87. The van der Waals surface area contributed by atoms with Crippen molar-refractivity contribution in [3.05, 3.63) is 40.1 Å². The number of rotatable bonds is 7. The fourth-order valence-corrected chi connectivity index (χ4v) is 6.54. The van der Waals surface area contributed by atoms with Gasteiger partial charge in [-0.2, -0.15) is 0 Å². The topological polar surface area (TPSA) is 176 Å². The molecule has 13 heteroatoms. The number of benzene rings is 1. The van der Waals surface area contributed by atoms with E-state index in [1.807, 2.05) is 34.6 Å². The van der Waals surface area contributed by atoms with Crippen molar-refractivity contribution in [1.82, 2.24) is 4.90 Å².